The molecule has 3 aromatic rings. The summed E-state index contributed by atoms with van der Waals surface area (Å²) in [6.07, 6.45) is 5.97. The van der Waals surface area contributed by atoms with Gasteiger partial charge in [0.1, 0.15) is 17.3 Å². The molecule has 1 saturated carbocycles. The third-order valence-corrected chi connectivity index (χ3v) is 6.26. The fourth-order valence-electron chi connectivity index (χ4n) is 4.48. The van der Waals surface area contributed by atoms with Crippen LogP contribution in [0.4, 0.5) is 10.2 Å². The van der Waals surface area contributed by atoms with Gasteiger partial charge in [0, 0.05) is 35.8 Å². The molecular formula is C26H31FN4O2. The molecular weight excluding hydrogens is 419 g/mol. The average Bonchev–Trinajstić information content (AvgIpc) is 3.48. The molecule has 0 radical (unpaired) electrons. The van der Waals surface area contributed by atoms with Crippen molar-refractivity contribution in [2.75, 3.05) is 25.0 Å². The van der Waals surface area contributed by atoms with E-state index >= 15 is 0 Å². The second-order valence-corrected chi connectivity index (χ2v) is 9.95. The lowest BCUT2D eigenvalue weighted by Gasteiger charge is -2.34. The number of pyridine rings is 1. The van der Waals surface area contributed by atoms with Gasteiger partial charge in [-0.3, -0.25) is 0 Å². The Labute approximate surface area is 193 Å². The van der Waals surface area contributed by atoms with Crippen LogP contribution in [0.1, 0.15) is 51.3 Å². The van der Waals surface area contributed by atoms with Crippen LogP contribution in [-0.4, -0.2) is 51.3 Å². The van der Waals surface area contributed by atoms with Gasteiger partial charge in [0.2, 0.25) is 0 Å². The van der Waals surface area contributed by atoms with Crippen LogP contribution in [-0.2, 0) is 0 Å². The predicted octanol–water partition coefficient (Wildman–Crippen LogP) is 5.07. The Morgan fingerprint density at radius 3 is 2.48 bits per heavy atom. The third-order valence-electron chi connectivity index (χ3n) is 6.26. The summed E-state index contributed by atoms with van der Waals surface area (Å²) < 4.78 is 20.0. The first-order chi connectivity index (χ1) is 15.8. The minimum atomic E-state index is -0.702. The lowest BCUT2D eigenvalue weighted by Crippen LogP contribution is -2.42. The fourth-order valence-corrected chi connectivity index (χ4v) is 4.48. The molecule has 1 aliphatic heterocycles. The number of rotatable bonds is 7. The summed E-state index contributed by atoms with van der Waals surface area (Å²) in [4.78, 5) is 11.7. The maximum absolute atomic E-state index is 13.6. The van der Waals surface area contributed by atoms with Gasteiger partial charge >= 0.3 is 0 Å². The van der Waals surface area contributed by atoms with E-state index in [0.29, 0.717) is 18.3 Å². The maximum atomic E-state index is 13.6. The smallest absolute Gasteiger partial charge is 0.198 e. The van der Waals surface area contributed by atoms with Gasteiger partial charge in [0.25, 0.3) is 0 Å². The molecule has 7 heteroatoms. The Morgan fingerprint density at radius 1 is 1.09 bits per heavy atom. The van der Waals surface area contributed by atoms with Crippen molar-refractivity contribution in [3.63, 3.8) is 0 Å². The maximum Gasteiger partial charge on any atom is 0.198 e. The molecule has 1 aromatic carbocycles. The number of anilines is 1. The fraction of sp³-hybridized carbons (Fsp3) is 0.462. The standard InChI is InChI=1S/C26H31FN4O2/c1-26(2,32)16-31-13-10-18(11-14-31)25-30-23(17-3-5-20(27)6-4-17)24(33-25)19-9-12-28-22(15-19)29-21-7-8-21/h3-6,9,12,15,18,21,32H,7-8,10-11,13-14,16H2,1-2H3,(H,28,29). The number of nitrogens with zero attached hydrogens (tertiary/aromatic N) is 3. The number of likely N-dealkylation sites (tertiary alicyclic amines) is 1. The van der Waals surface area contributed by atoms with Gasteiger partial charge in [-0.25, -0.2) is 14.4 Å². The Morgan fingerprint density at radius 2 is 1.82 bits per heavy atom. The molecule has 1 saturated heterocycles. The average molecular weight is 451 g/mol. The predicted molar refractivity (Wildman–Crippen MR) is 126 cm³/mol. The molecule has 5 rings (SSSR count). The Kier molecular flexibility index (Phi) is 5.93. The monoisotopic (exact) mass is 450 g/mol. The molecule has 0 unspecified atom stereocenters. The molecule has 6 nitrogen and oxygen atoms in total. The molecule has 3 heterocycles. The van der Waals surface area contributed by atoms with E-state index in [0.717, 1.165) is 54.5 Å². The SMILES string of the molecule is CC(C)(O)CN1CCC(c2nc(-c3ccc(F)cc3)c(-c3ccnc(NC4CC4)c3)o2)CC1. The number of piperidine rings is 1. The molecule has 174 valence electrons. The Bertz CT molecular complexity index is 1090. The molecule has 2 fully saturated rings. The highest BCUT2D eigenvalue weighted by Crippen LogP contribution is 2.38. The van der Waals surface area contributed by atoms with E-state index in [9.17, 15) is 9.50 Å². The van der Waals surface area contributed by atoms with Crippen molar-refractivity contribution >= 4 is 5.82 Å². The van der Waals surface area contributed by atoms with E-state index < -0.39 is 5.60 Å². The number of aromatic nitrogens is 2. The summed E-state index contributed by atoms with van der Waals surface area (Å²) in [5.41, 5.74) is 1.76. The number of benzene rings is 1. The van der Waals surface area contributed by atoms with Crippen molar-refractivity contribution < 1.29 is 13.9 Å². The van der Waals surface area contributed by atoms with Crippen molar-refractivity contribution in [2.24, 2.45) is 0 Å². The molecule has 0 bridgehead atoms. The Balaban J connectivity index is 1.44. The summed E-state index contributed by atoms with van der Waals surface area (Å²) in [6, 6.07) is 10.8. The van der Waals surface area contributed by atoms with Crippen LogP contribution in [0.25, 0.3) is 22.6 Å². The summed E-state index contributed by atoms with van der Waals surface area (Å²) >= 11 is 0. The van der Waals surface area contributed by atoms with Crippen molar-refractivity contribution in [2.45, 2.75) is 57.1 Å². The zero-order valence-electron chi connectivity index (χ0n) is 19.2. The van der Waals surface area contributed by atoms with Crippen LogP contribution >= 0.6 is 0 Å². The number of hydrogen-bond donors (Lipinski definition) is 2. The number of nitrogens with one attached hydrogen (secondary N) is 1. The normalized spacial score (nSPS) is 17.9. The lowest BCUT2D eigenvalue weighted by molar-refractivity contribution is 0.0273. The summed E-state index contributed by atoms with van der Waals surface area (Å²) in [5, 5.41) is 13.6. The molecule has 0 amide bonds. The molecule has 2 N–H and O–H groups in total. The first-order valence-corrected chi connectivity index (χ1v) is 11.8. The largest absolute Gasteiger partial charge is 0.440 e. The second-order valence-electron chi connectivity index (χ2n) is 9.95. The minimum Gasteiger partial charge on any atom is -0.440 e. The van der Waals surface area contributed by atoms with E-state index in [-0.39, 0.29) is 11.7 Å². The van der Waals surface area contributed by atoms with Crippen molar-refractivity contribution in [3.8, 4) is 22.6 Å². The highest BCUT2D eigenvalue weighted by molar-refractivity contribution is 5.78. The zero-order valence-corrected chi connectivity index (χ0v) is 19.2. The third kappa shape index (κ3) is 5.42. The van der Waals surface area contributed by atoms with E-state index in [1.54, 1.807) is 18.3 Å². The number of β-amino-alcohol motifs (C(OH)–C–C–N with tert-alkyl or cyclic N) is 1. The van der Waals surface area contributed by atoms with E-state index in [1.165, 1.54) is 25.0 Å². The Hall–Kier alpha value is -2.77. The number of halogens is 1. The number of oxazole rings is 1. The van der Waals surface area contributed by atoms with Crippen molar-refractivity contribution in [1.29, 1.82) is 0 Å². The van der Waals surface area contributed by atoms with Gasteiger partial charge in [0.05, 0.1) is 5.60 Å². The number of aliphatic hydroxyl groups is 1. The molecule has 33 heavy (non-hydrogen) atoms. The second kappa shape index (κ2) is 8.88. The molecule has 0 spiro atoms. The van der Waals surface area contributed by atoms with Crippen LogP contribution in [0.5, 0.6) is 0 Å². The summed E-state index contributed by atoms with van der Waals surface area (Å²) in [7, 11) is 0. The first kappa shape index (κ1) is 22.0. The van der Waals surface area contributed by atoms with Crippen LogP contribution < -0.4 is 5.32 Å². The molecule has 2 aliphatic rings. The van der Waals surface area contributed by atoms with E-state index in [4.69, 9.17) is 9.40 Å². The minimum absolute atomic E-state index is 0.210. The summed E-state index contributed by atoms with van der Waals surface area (Å²) in [5.74, 6) is 2.18. The summed E-state index contributed by atoms with van der Waals surface area (Å²) in [6.45, 7) is 6.13. The van der Waals surface area contributed by atoms with Gasteiger partial charge in [-0.1, -0.05) is 0 Å². The molecule has 2 aromatic heterocycles. The van der Waals surface area contributed by atoms with Gasteiger partial charge in [-0.15, -0.1) is 0 Å². The van der Waals surface area contributed by atoms with Crippen LogP contribution in [0, 0.1) is 5.82 Å². The lowest BCUT2D eigenvalue weighted by atomic mass is 9.95. The molecule has 0 atom stereocenters. The topological polar surface area (TPSA) is 74.4 Å². The van der Waals surface area contributed by atoms with Gasteiger partial charge < -0.3 is 19.7 Å². The van der Waals surface area contributed by atoms with Crippen LogP contribution in [0.15, 0.2) is 47.0 Å². The quantitative estimate of drug-likeness (QED) is 0.524. The van der Waals surface area contributed by atoms with E-state index in [2.05, 4.69) is 15.2 Å². The first-order valence-electron chi connectivity index (χ1n) is 11.8. The van der Waals surface area contributed by atoms with Gasteiger partial charge in [-0.05, 0) is 89.0 Å². The zero-order chi connectivity index (χ0) is 23.0. The number of hydrogen-bond acceptors (Lipinski definition) is 6. The van der Waals surface area contributed by atoms with Crippen molar-refractivity contribution in [3.05, 3.63) is 54.3 Å². The van der Waals surface area contributed by atoms with E-state index in [1.807, 2.05) is 26.0 Å². The van der Waals surface area contributed by atoms with Gasteiger partial charge in [0.15, 0.2) is 11.7 Å². The van der Waals surface area contributed by atoms with Crippen molar-refractivity contribution in [1.82, 2.24) is 14.9 Å². The van der Waals surface area contributed by atoms with Crippen LogP contribution in [0.3, 0.4) is 0 Å². The van der Waals surface area contributed by atoms with Gasteiger partial charge in [-0.2, -0.15) is 0 Å². The highest BCUT2D eigenvalue weighted by Gasteiger charge is 2.29. The highest BCUT2D eigenvalue weighted by atomic mass is 19.1. The molecule has 1 aliphatic carbocycles. The van der Waals surface area contributed by atoms with Crippen LogP contribution in [0.2, 0.25) is 0 Å².